The maximum Gasteiger partial charge on any atom is 0.410 e. The second kappa shape index (κ2) is 6.21. The third-order valence-corrected chi connectivity index (χ3v) is 2.56. The Morgan fingerprint density at radius 1 is 1.47 bits per heavy atom. The van der Waals surface area contributed by atoms with Gasteiger partial charge in [0.15, 0.2) is 0 Å². The summed E-state index contributed by atoms with van der Waals surface area (Å²) < 4.78 is 10.5. The molecule has 1 aliphatic rings. The minimum atomic E-state index is -1.14. The van der Waals surface area contributed by atoms with E-state index in [1.807, 2.05) is 0 Å². The van der Waals surface area contributed by atoms with Crippen LogP contribution in [-0.2, 0) is 14.3 Å². The molecule has 1 rings (SSSR count). The standard InChI is InChI=1S/C12H21NO6/c1-12(2,3)19-11(17)13-4-5-18-9(7-13)8(14)6-10(15)16/h8-9,14H,4-7H2,1-3H3,(H,15,16)/t8-,9?/m0/s1. The average Bonchev–Trinajstić information content (AvgIpc) is 2.26. The van der Waals surface area contributed by atoms with Crippen molar-refractivity contribution in [1.29, 1.82) is 0 Å². The molecule has 7 nitrogen and oxygen atoms in total. The number of amides is 1. The molecule has 0 aliphatic carbocycles. The van der Waals surface area contributed by atoms with Crippen LogP contribution in [0.1, 0.15) is 27.2 Å². The molecule has 2 N–H and O–H groups in total. The molecule has 1 aliphatic heterocycles. The van der Waals surface area contributed by atoms with Crippen molar-refractivity contribution in [3.8, 4) is 0 Å². The lowest BCUT2D eigenvalue weighted by atomic mass is 10.1. The molecule has 0 bridgehead atoms. The van der Waals surface area contributed by atoms with Crippen molar-refractivity contribution in [1.82, 2.24) is 4.90 Å². The van der Waals surface area contributed by atoms with Crippen molar-refractivity contribution in [3.63, 3.8) is 0 Å². The summed E-state index contributed by atoms with van der Waals surface area (Å²) in [5.74, 6) is -1.11. The number of hydrogen-bond acceptors (Lipinski definition) is 5. The Hall–Kier alpha value is -1.34. The third kappa shape index (κ3) is 5.44. The Kier molecular flexibility index (Phi) is 5.13. The molecule has 7 heteroatoms. The van der Waals surface area contributed by atoms with Crippen LogP contribution in [0.4, 0.5) is 4.79 Å². The average molecular weight is 275 g/mol. The van der Waals surface area contributed by atoms with Crippen molar-refractivity contribution < 1.29 is 29.3 Å². The highest BCUT2D eigenvalue weighted by Crippen LogP contribution is 2.15. The van der Waals surface area contributed by atoms with Gasteiger partial charge < -0.3 is 24.6 Å². The summed E-state index contributed by atoms with van der Waals surface area (Å²) in [5, 5.41) is 18.3. The van der Waals surface area contributed by atoms with Crippen LogP contribution < -0.4 is 0 Å². The van der Waals surface area contributed by atoms with E-state index in [1.54, 1.807) is 20.8 Å². The SMILES string of the molecule is CC(C)(C)OC(=O)N1CCOC([C@@H](O)CC(=O)O)C1. The van der Waals surface area contributed by atoms with Gasteiger partial charge in [0.05, 0.1) is 25.7 Å². The predicted octanol–water partition coefficient (Wildman–Crippen LogP) is 0.458. The minimum absolute atomic E-state index is 0.128. The van der Waals surface area contributed by atoms with Gasteiger partial charge >= 0.3 is 12.1 Å². The zero-order valence-electron chi connectivity index (χ0n) is 11.5. The fourth-order valence-electron chi connectivity index (χ4n) is 1.71. The second-order valence-corrected chi connectivity index (χ2v) is 5.50. The zero-order chi connectivity index (χ0) is 14.6. The van der Waals surface area contributed by atoms with Gasteiger partial charge in [-0.15, -0.1) is 0 Å². The van der Waals surface area contributed by atoms with Gasteiger partial charge in [-0.2, -0.15) is 0 Å². The smallest absolute Gasteiger partial charge is 0.410 e. The van der Waals surface area contributed by atoms with E-state index in [9.17, 15) is 14.7 Å². The number of aliphatic hydroxyl groups excluding tert-OH is 1. The van der Waals surface area contributed by atoms with Crippen molar-refractivity contribution in [2.24, 2.45) is 0 Å². The number of rotatable bonds is 3. The van der Waals surface area contributed by atoms with E-state index in [1.165, 1.54) is 4.90 Å². The van der Waals surface area contributed by atoms with E-state index < -0.39 is 36.3 Å². The van der Waals surface area contributed by atoms with Crippen molar-refractivity contribution in [2.45, 2.75) is 45.0 Å². The van der Waals surface area contributed by atoms with E-state index in [4.69, 9.17) is 14.6 Å². The van der Waals surface area contributed by atoms with Crippen LogP contribution in [0.25, 0.3) is 0 Å². The van der Waals surface area contributed by atoms with Crippen LogP contribution in [0.5, 0.6) is 0 Å². The molecule has 0 aromatic rings. The van der Waals surface area contributed by atoms with Crippen molar-refractivity contribution >= 4 is 12.1 Å². The van der Waals surface area contributed by atoms with Crippen LogP contribution >= 0.6 is 0 Å². The predicted molar refractivity (Wildman–Crippen MR) is 65.8 cm³/mol. The summed E-state index contributed by atoms with van der Waals surface area (Å²) in [6.45, 7) is 6.04. The molecular weight excluding hydrogens is 254 g/mol. The van der Waals surface area contributed by atoms with E-state index in [0.717, 1.165) is 0 Å². The zero-order valence-corrected chi connectivity index (χ0v) is 11.5. The number of ether oxygens (including phenoxy) is 2. The lowest BCUT2D eigenvalue weighted by molar-refractivity contribution is -0.144. The second-order valence-electron chi connectivity index (χ2n) is 5.50. The number of morpholine rings is 1. The number of carbonyl (C=O) groups is 2. The molecule has 2 atom stereocenters. The summed E-state index contributed by atoms with van der Waals surface area (Å²) in [5.41, 5.74) is -0.593. The first-order valence-electron chi connectivity index (χ1n) is 6.18. The molecule has 0 aromatic carbocycles. The van der Waals surface area contributed by atoms with E-state index in [-0.39, 0.29) is 13.2 Å². The Bertz CT molecular complexity index is 338. The quantitative estimate of drug-likeness (QED) is 0.776. The third-order valence-electron chi connectivity index (χ3n) is 2.56. The molecule has 0 radical (unpaired) electrons. The largest absolute Gasteiger partial charge is 0.481 e. The van der Waals surface area contributed by atoms with Crippen LogP contribution in [0.3, 0.4) is 0 Å². The Labute approximate surface area is 112 Å². The summed E-state index contributed by atoms with van der Waals surface area (Å²) >= 11 is 0. The maximum atomic E-state index is 11.9. The van der Waals surface area contributed by atoms with Crippen LogP contribution in [0.15, 0.2) is 0 Å². The summed E-state index contributed by atoms with van der Waals surface area (Å²) in [4.78, 5) is 23.8. The first kappa shape index (κ1) is 15.7. The van der Waals surface area contributed by atoms with Gasteiger partial charge in [0.1, 0.15) is 11.7 Å². The molecule has 1 amide bonds. The molecule has 0 spiro atoms. The lowest BCUT2D eigenvalue weighted by Gasteiger charge is -2.35. The first-order valence-corrected chi connectivity index (χ1v) is 6.18. The minimum Gasteiger partial charge on any atom is -0.481 e. The Balaban J connectivity index is 2.54. The highest BCUT2D eigenvalue weighted by atomic mass is 16.6. The number of aliphatic carboxylic acids is 1. The molecule has 110 valence electrons. The van der Waals surface area contributed by atoms with E-state index in [2.05, 4.69) is 0 Å². The van der Waals surface area contributed by atoms with Gasteiger partial charge in [0.2, 0.25) is 0 Å². The summed E-state index contributed by atoms with van der Waals surface area (Å²) in [7, 11) is 0. The van der Waals surface area contributed by atoms with Crippen LogP contribution in [0.2, 0.25) is 0 Å². The summed E-state index contributed by atoms with van der Waals surface area (Å²) in [6.07, 6.45) is -2.73. The van der Waals surface area contributed by atoms with E-state index in [0.29, 0.717) is 6.54 Å². The van der Waals surface area contributed by atoms with Crippen LogP contribution in [0, 0.1) is 0 Å². The number of carbonyl (C=O) groups excluding carboxylic acids is 1. The fraction of sp³-hybridized carbons (Fsp3) is 0.833. The Morgan fingerprint density at radius 2 is 2.11 bits per heavy atom. The van der Waals surface area contributed by atoms with E-state index >= 15 is 0 Å². The topological polar surface area (TPSA) is 96.3 Å². The number of carboxylic acid groups (broad SMARTS) is 1. The number of nitrogens with zero attached hydrogens (tertiary/aromatic N) is 1. The van der Waals surface area contributed by atoms with Gasteiger partial charge in [-0.25, -0.2) is 4.79 Å². The highest BCUT2D eigenvalue weighted by Gasteiger charge is 2.32. The Morgan fingerprint density at radius 3 is 2.63 bits per heavy atom. The maximum absolute atomic E-state index is 11.9. The number of carboxylic acids is 1. The van der Waals surface area contributed by atoms with Crippen molar-refractivity contribution in [2.75, 3.05) is 19.7 Å². The molecule has 0 saturated carbocycles. The number of hydrogen-bond donors (Lipinski definition) is 2. The molecular formula is C12H21NO6. The van der Waals surface area contributed by atoms with Gasteiger partial charge in [0, 0.05) is 6.54 Å². The molecule has 1 heterocycles. The molecule has 1 fully saturated rings. The molecule has 19 heavy (non-hydrogen) atoms. The monoisotopic (exact) mass is 275 g/mol. The molecule has 0 aromatic heterocycles. The van der Waals surface area contributed by atoms with Gasteiger partial charge in [-0.3, -0.25) is 4.79 Å². The highest BCUT2D eigenvalue weighted by molar-refractivity contribution is 5.68. The first-order chi connectivity index (χ1) is 8.69. The van der Waals surface area contributed by atoms with Gasteiger partial charge in [0.25, 0.3) is 0 Å². The fourth-order valence-corrected chi connectivity index (χ4v) is 1.71. The van der Waals surface area contributed by atoms with Crippen LogP contribution in [-0.4, -0.2) is 64.7 Å². The van der Waals surface area contributed by atoms with Gasteiger partial charge in [-0.05, 0) is 20.8 Å². The van der Waals surface area contributed by atoms with Gasteiger partial charge in [-0.1, -0.05) is 0 Å². The summed E-state index contributed by atoms with van der Waals surface area (Å²) in [6, 6.07) is 0. The lowest BCUT2D eigenvalue weighted by Crippen LogP contribution is -2.51. The number of aliphatic hydroxyl groups is 1. The molecule has 1 unspecified atom stereocenters. The molecule has 1 saturated heterocycles. The van der Waals surface area contributed by atoms with Crippen molar-refractivity contribution in [3.05, 3.63) is 0 Å². The normalized spacial score (nSPS) is 21.9.